The second-order valence-corrected chi connectivity index (χ2v) is 11.5. The number of hydrogen-bond donors (Lipinski definition) is 1. The Morgan fingerprint density at radius 2 is 1.68 bits per heavy atom. The maximum absolute atomic E-state index is 13.1. The van der Waals surface area contributed by atoms with E-state index < -0.39 is 0 Å². The molecule has 0 unspecified atom stereocenters. The van der Waals surface area contributed by atoms with Crippen LogP contribution in [0.4, 0.5) is 0 Å². The Morgan fingerprint density at radius 3 is 2.40 bits per heavy atom. The van der Waals surface area contributed by atoms with Crippen molar-refractivity contribution in [1.29, 1.82) is 0 Å². The summed E-state index contributed by atoms with van der Waals surface area (Å²) in [4.78, 5) is 21.7. The van der Waals surface area contributed by atoms with Crippen molar-refractivity contribution < 1.29 is 9.90 Å². The van der Waals surface area contributed by atoms with Gasteiger partial charge >= 0.3 is 0 Å². The van der Waals surface area contributed by atoms with Gasteiger partial charge < -0.3 is 14.6 Å². The van der Waals surface area contributed by atoms with Gasteiger partial charge in [0.2, 0.25) is 0 Å². The molecular weight excluding hydrogens is 496 g/mol. The number of carbonyl (C=O) groups excluding carboxylic acids is 1. The van der Waals surface area contributed by atoms with E-state index in [2.05, 4.69) is 53.2 Å². The molecule has 40 heavy (non-hydrogen) atoms. The topological polar surface area (TPSA) is 61.6 Å². The minimum Gasteiger partial charge on any atom is -0.508 e. The summed E-state index contributed by atoms with van der Waals surface area (Å²) >= 11 is 0. The number of imidazole rings is 1. The van der Waals surface area contributed by atoms with Crippen LogP contribution in [0.25, 0.3) is 5.69 Å². The molecule has 4 aromatic rings. The molecule has 3 aromatic carbocycles. The molecule has 6 heteroatoms. The fourth-order valence-electron chi connectivity index (χ4n) is 6.38. The van der Waals surface area contributed by atoms with Gasteiger partial charge in [0.1, 0.15) is 5.75 Å². The SMILES string of the molecule is Cc1cc(CN2CCC(CCCc3ccc(-n4ccnc4)cc3)CC2)cc2c1C(=O)N(Cc1ccc(O)cc1)C2. The maximum Gasteiger partial charge on any atom is 0.255 e. The fraction of sp³-hybridized carbons (Fsp3) is 0.353. The van der Waals surface area contributed by atoms with E-state index in [1.165, 1.54) is 36.8 Å². The highest BCUT2D eigenvalue weighted by Gasteiger charge is 2.30. The Hall–Kier alpha value is -3.90. The Bertz CT molecular complexity index is 1440. The number of hydrogen-bond acceptors (Lipinski definition) is 4. The van der Waals surface area contributed by atoms with Crippen molar-refractivity contribution in [3.05, 3.63) is 113 Å². The van der Waals surface area contributed by atoms with Crippen molar-refractivity contribution in [3.63, 3.8) is 0 Å². The van der Waals surface area contributed by atoms with Gasteiger partial charge in [0, 0.05) is 43.3 Å². The Labute approximate surface area is 236 Å². The van der Waals surface area contributed by atoms with Crippen molar-refractivity contribution in [3.8, 4) is 11.4 Å². The lowest BCUT2D eigenvalue weighted by Crippen LogP contribution is -2.33. The number of aromatic hydroxyl groups is 1. The smallest absolute Gasteiger partial charge is 0.255 e. The molecular formula is C34H38N4O2. The van der Waals surface area contributed by atoms with Gasteiger partial charge in [0.05, 0.1) is 6.33 Å². The average molecular weight is 535 g/mol. The van der Waals surface area contributed by atoms with E-state index in [0.29, 0.717) is 13.1 Å². The number of phenolic OH excluding ortho intramolecular Hbond substituents is 1. The zero-order valence-electron chi connectivity index (χ0n) is 23.3. The van der Waals surface area contributed by atoms with E-state index >= 15 is 0 Å². The summed E-state index contributed by atoms with van der Waals surface area (Å²) < 4.78 is 2.04. The molecule has 2 aliphatic rings. The number of aromatic nitrogens is 2. The molecule has 1 aromatic heterocycles. The number of carbonyl (C=O) groups is 1. The normalized spacial score (nSPS) is 16.0. The first-order chi connectivity index (χ1) is 19.5. The Kier molecular flexibility index (Phi) is 7.69. The molecule has 1 saturated heterocycles. The lowest BCUT2D eigenvalue weighted by Gasteiger charge is -2.32. The van der Waals surface area contributed by atoms with Gasteiger partial charge in [-0.1, -0.05) is 42.8 Å². The van der Waals surface area contributed by atoms with Gasteiger partial charge in [-0.05, 0) is 104 Å². The Morgan fingerprint density at radius 1 is 0.925 bits per heavy atom. The summed E-state index contributed by atoms with van der Waals surface area (Å²) in [6, 6.07) is 20.4. The van der Waals surface area contributed by atoms with E-state index in [9.17, 15) is 9.90 Å². The standard InChI is InChI=1S/C34H38N4O2/c1-25-19-29(20-30-23-38(34(40)33(25)30)22-28-7-11-32(39)12-8-28)21-36-16-13-27(14-17-36)4-2-3-26-5-9-31(10-6-26)37-18-15-35-24-37/h5-12,15,18-20,24,27,39H,2-4,13-14,16-17,21-23H2,1H3. The van der Waals surface area contributed by atoms with Crippen LogP contribution in [0.3, 0.4) is 0 Å². The van der Waals surface area contributed by atoms with Crippen LogP contribution in [0.15, 0.2) is 79.4 Å². The molecule has 6 nitrogen and oxygen atoms in total. The highest BCUT2D eigenvalue weighted by molar-refractivity contribution is 5.99. The number of phenols is 1. The van der Waals surface area contributed by atoms with Crippen molar-refractivity contribution >= 4 is 5.91 Å². The van der Waals surface area contributed by atoms with E-state index in [1.807, 2.05) is 40.3 Å². The first-order valence-corrected chi connectivity index (χ1v) is 14.5. The van der Waals surface area contributed by atoms with Crippen molar-refractivity contribution in [2.45, 2.75) is 58.7 Å². The van der Waals surface area contributed by atoms with Crippen molar-refractivity contribution in [1.82, 2.24) is 19.4 Å². The molecule has 0 bridgehead atoms. The summed E-state index contributed by atoms with van der Waals surface area (Å²) in [7, 11) is 0. The fourth-order valence-corrected chi connectivity index (χ4v) is 6.38. The number of amides is 1. The van der Waals surface area contributed by atoms with Crippen LogP contribution in [-0.2, 0) is 26.1 Å². The third kappa shape index (κ3) is 5.97. The summed E-state index contributed by atoms with van der Waals surface area (Å²) in [5, 5.41) is 9.55. The number of likely N-dealkylation sites (tertiary alicyclic amines) is 1. The van der Waals surface area contributed by atoms with Crippen molar-refractivity contribution in [2.75, 3.05) is 13.1 Å². The molecule has 3 heterocycles. The number of piperidine rings is 1. The van der Waals surface area contributed by atoms with Gasteiger partial charge in [-0.3, -0.25) is 9.69 Å². The minimum atomic E-state index is 0.113. The second-order valence-electron chi connectivity index (χ2n) is 11.5. The maximum atomic E-state index is 13.1. The lowest BCUT2D eigenvalue weighted by molar-refractivity contribution is 0.0766. The van der Waals surface area contributed by atoms with Gasteiger partial charge in [-0.2, -0.15) is 0 Å². The molecule has 1 amide bonds. The van der Waals surface area contributed by atoms with Crippen LogP contribution in [0.5, 0.6) is 5.75 Å². The van der Waals surface area contributed by atoms with E-state index in [-0.39, 0.29) is 11.7 Å². The molecule has 0 atom stereocenters. The van der Waals surface area contributed by atoms with Gasteiger partial charge in [-0.25, -0.2) is 4.98 Å². The summed E-state index contributed by atoms with van der Waals surface area (Å²) in [6.45, 7) is 6.53. The average Bonchev–Trinajstić information content (AvgIpc) is 3.60. The quantitative estimate of drug-likeness (QED) is 0.275. The molecule has 2 aliphatic heterocycles. The highest BCUT2D eigenvalue weighted by Crippen LogP contribution is 2.30. The van der Waals surface area contributed by atoms with Crippen LogP contribution >= 0.6 is 0 Å². The first kappa shape index (κ1) is 26.3. The van der Waals surface area contributed by atoms with Gasteiger partial charge in [0.15, 0.2) is 0 Å². The van der Waals surface area contributed by atoms with Crippen LogP contribution in [-0.4, -0.2) is 43.5 Å². The van der Waals surface area contributed by atoms with E-state index in [0.717, 1.165) is 59.9 Å². The summed E-state index contributed by atoms with van der Waals surface area (Å²) in [5.74, 6) is 1.17. The summed E-state index contributed by atoms with van der Waals surface area (Å²) in [5.41, 5.74) is 8.01. The summed E-state index contributed by atoms with van der Waals surface area (Å²) in [6.07, 6.45) is 11.8. The number of fused-ring (bicyclic) bond motifs is 1. The number of rotatable bonds is 9. The predicted octanol–water partition coefficient (Wildman–Crippen LogP) is 6.28. The highest BCUT2D eigenvalue weighted by atomic mass is 16.3. The van der Waals surface area contributed by atoms with Crippen LogP contribution < -0.4 is 0 Å². The number of aryl methyl sites for hydroxylation is 2. The van der Waals surface area contributed by atoms with Crippen LogP contribution in [0.1, 0.15) is 63.9 Å². The minimum absolute atomic E-state index is 0.113. The molecule has 6 rings (SSSR count). The zero-order chi connectivity index (χ0) is 27.5. The first-order valence-electron chi connectivity index (χ1n) is 14.5. The van der Waals surface area contributed by atoms with E-state index in [4.69, 9.17) is 0 Å². The van der Waals surface area contributed by atoms with Crippen LogP contribution in [0, 0.1) is 12.8 Å². The molecule has 0 aliphatic carbocycles. The third-order valence-corrected chi connectivity index (χ3v) is 8.58. The van der Waals surface area contributed by atoms with Crippen LogP contribution in [0.2, 0.25) is 0 Å². The largest absolute Gasteiger partial charge is 0.508 e. The second kappa shape index (κ2) is 11.7. The third-order valence-electron chi connectivity index (χ3n) is 8.58. The van der Waals surface area contributed by atoms with E-state index in [1.54, 1.807) is 12.1 Å². The molecule has 0 spiro atoms. The molecule has 0 saturated carbocycles. The monoisotopic (exact) mass is 534 g/mol. The number of benzene rings is 3. The van der Waals surface area contributed by atoms with Crippen molar-refractivity contribution in [2.24, 2.45) is 5.92 Å². The molecule has 206 valence electrons. The van der Waals surface area contributed by atoms with Gasteiger partial charge in [-0.15, -0.1) is 0 Å². The predicted molar refractivity (Wildman–Crippen MR) is 157 cm³/mol. The lowest BCUT2D eigenvalue weighted by atomic mass is 9.90. The molecule has 1 fully saturated rings. The zero-order valence-corrected chi connectivity index (χ0v) is 23.3. The van der Waals surface area contributed by atoms with Gasteiger partial charge in [0.25, 0.3) is 5.91 Å². The number of nitrogens with zero attached hydrogens (tertiary/aromatic N) is 4. The molecule has 1 N–H and O–H groups in total. The molecule has 0 radical (unpaired) electrons. The Balaban J connectivity index is 0.968.